The van der Waals surface area contributed by atoms with Crippen LogP contribution >= 0.6 is 0 Å². The summed E-state index contributed by atoms with van der Waals surface area (Å²) in [5.41, 5.74) is 9.38. The van der Waals surface area contributed by atoms with Crippen LogP contribution in [-0.2, 0) is 37.2 Å². The van der Waals surface area contributed by atoms with Crippen LogP contribution in [0, 0.1) is 0 Å². The number of rotatable bonds is 10. The lowest BCUT2D eigenvalue weighted by molar-refractivity contribution is -0.192. The summed E-state index contributed by atoms with van der Waals surface area (Å²) in [7, 11) is -3.57. The Hall–Kier alpha value is -5.18. The molecule has 6 N–H and O–H groups in total. The van der Waals surface area contributed by atoms with Crippen LogP contribution in [0.4, 0.5) is 30.4 Å². The number of hydrogen-bond acceptors (Lipinski definition) is 8. The fraction of sp³-hybridized carbons (Fsp3) is 0.250. The number of aliphatic carboxylic acids is 1. The van der Waals surface area contributed by atoms with E-state index in [1.54, 1.807) is 19.2 Å². The number of nitrogens with one attached hydrogen (secondary N) is 3. The minimum Gasteiger partial charge on any atom is -0.475 e. The van der Waals surface area contributed by atoms with Crippen LogP contribution in [0.25, 0.3) is 10.8 Å². The van der Waals surface area contributed by atoms with Crippen LogP contribution in [0.2, 0.25) is 0 Å². The fourth-order valence-electron chi connectivity index (χ4n) is 4.49. The normalized spacial score (nSPS) is 12.0. The van der Waals surface area contributed by atoms with E-state index in [4.69, 9.17) is 15.6 Å². The molecule has 0 radical (unpaired) electrons. The molecule has 4 aromatic rings. The van der Waals surface area contributed by atoms with E-state index in [9.17, 15) is 31.2 Å². The summed E-state index contributed by atoms with van der Waals surface area (Å²) >= 11 is 0. The van der Waals surface area contributed by atoms with Gasteiger partial charge in [0.2, 0.25) is 11.8 Å². The van der Waals surface area contributed by atoms with Crippen LogP contribution in [0.15, 0.2) is 77.8 Å². The number of sulfone groups is 1. The summed E-state index contributed by atoms with van der Waals surface area (Å²) in [5.74, 6) is -3.05. The van der Waals surface area contributed by atoms with Crippen molar-refractivity contribution in [1.29, 1.82) is 0 Å². The molecule has 1 aromatic heterocycles. The average molecular weight is 674 g/mol. The molecule has 0 aliphatic carbocycles. The lowest BCUT2D eigenvalue weighted by Gasteiger charge is -2.22. The number of fused-ring (bicyclic) bond motifs is 1. The van der Waals surface area contributed by atoms with Gasteiger partial charge in [0.1, 0.15) is 11.9 Å². The van der Waals surface area contributed by atoms with Crippen molar-refractivity contribution in [1.82, 2.24) is 10.3 Å². The Balaban J connectivity index is 0.000000771. The zero-order valence-electron chi connectivity index (χ0n) is 25.7. The van der Waals surface area contributed by atoms with Gasteiger partial charge >= 0.3 is 12.1 Å². The minimum atomic E-state index is -5.08. The number of carboxylic acids is 1. The minimum absolute atomic E-state index is 0.0492. The molecule has 1 atom stereocenters. The molecule has 0 bridgehead atoms. The zero-order valence-corrected chi connectivity index (χ0v) is 26.5. The van der Waals surface area contributed by atoms with Gasteiger partial charge in [0.05, 0.1) is 10.6 Å². The van der Waals surface area contributed by atoms with E-state index in [2.05, 4.69) is 20.9 Å². The first-order valence-corrected chi connectivity index (χ1v) is 15.9. The highest BCUT2D eigenvalue weighted by molar-refractivity contribution is 7.91. The van der Waals surface area contributed by atoms with E-state index in [1.807, 2.05) is 55.5 Å². The molecule has 3 aromatic carbocycles. The molecule has 15 heteroatoms. The van der Waals surface area contributed by atoms with Gasteiger partial charge in [0.25, 0.3) is 0 Å². The molecule has 2 amide bonds. The van der Waals surface area contributed by atoms with E-state index < -0.39 is 28.0 Å². The molecule has 0 aliphatic heterocycles. The number of benzene rings is 3. The Bertz CT molecular complexity index is 1880. The van der Waals surface area contributed by atoms with Crippen molar-refractivity contribution in [2.24, 2.45) is 0 Å². The number of halogens is 3. The number of nitrogens with zero attached hydrogens (tertiary/aromatic N) is 1. The number of anilines is 3. The highest BCUT2D eigenvalue weighted by Gasteiger charge is 2.38. The summed E-state index contributed by atoms with van der Waals surface area (Å²) in [4.78, 5) is 38.4. The third-order valence-electron chi connectivity index (χ3n) is 6.85. The Morgan fingerprint density at radius 3 is 2.28 bits per heavy atom. The summed E-state index contributed by atoms with van der Waals surface area (Å²) in [5, 5.41) is 17.7. The van der Waals surface area contributed by atoms with Crippen LogP contribution in [0.1, 0.15) is 43.5 Å². The second-order valence-corrected chi connectivity index (χ2v) is 12.5. The van der Waals surface area contributed by atoms with Crippen LogP contribution in [0.3, 0.4) is 0 Å². The van der Waals surface area contributed by atoms with Crippen LogP contribution < -0.4 is 21.7 Å². The predicted molar refractivity (Wildman–Crippen MR) is 172 cm³/mol. The number of hydrogen-bond donors (Lipinski definition) is 5. The van der Waals surface area contributed by atoms with Gasteiger partial charge in [-0.2, -0.15) is 13.2 Å². The number of nitrogens with two attached hydrogens (primary N) is 1. The first-order valence-electron chi connectivity index (χ1n) is 14.3. The summed E-state index contributed by atoms with van der Waals surface area (Å²) in [6.45, 7) is 4.93. The Kier molecular flexibility index (Phi) is 11.9. The van der Waals surface area contributed by atoms with Crippen molar-refractivity contribution >= 4 is 55.6 Å². The largest absolute Gasteiger partial charge is 0.490 e. The number of amides is 2. The molecule has 250 valence electrons. The SMILES string of the molecule is CCc1cccc(C(Nc2ccc3c(N)nccc3c2)C(=O)NCc2cc(NC(C)=O)ccc2S(=O)(=O)CC)c1.O=C(O)C(F)(F)F. The summed E-state index contributed by atoms with van der Waals surface area (Å²) in [6, 6.07) is 19.0. The highest BCUT2D eigenvalue weighted by Crippen LogP contribution is 2.27. The van der Waals surface area contributed by atoms with Gasteiger partial charge < -0.3 is 26.8 Å². The molecule has 4 rings (SSSR count). The maximum atomic E-state index is 13.7. The first-order chi connectivity index (χ1) is 22.0. The predicted octanol–water partition coefficient (Wildman–Crippen LogP) is 5.23. The molecule has 0 saturated heterocycles. The van der Waals surface area contributed by atoms with Gasteiger partial charge in [0, 0.05) is 36.4 Å². The lowest BCUT2D eigenvalue weighted by Crippen LogP contribution is -2.33. The lowest BCUT2D eigenvalue weighted by atomic mass is 10.0. The highest BCUT2D eigenvalue weighted by atomic mass is 32.2. The summed E-state index contributed by atoms with van der Waals surface area (Å²) in [6.07, 6.45) is -2.65. The molecule has 47 heavy (non-hydrogen) atoms. The Morgan fingerprint density at radius 2 is 1.66 bits per heavy atom. The maximum Gasteiger partial charge on any atom is 0.490 e. The maximum absolute atomic E-state index is 13.7. The number of carboxylic acid groups (broad SMARTS) is 1. The van der Waals surface area contributed by atoms with E-state index in [0.717, 1.165) is 28.3 Å². The number of carbonyl (C=O) groups excluding carboxylic acids is 2. The molecule has 1 unspecified atom stereocenters. The smallest absolute Gasteiger partial charge is 0.475 e. The van der Waals surface area contributed by atoms with Crippen molar-refractivity contribution < 1.29 is 41.1 Å². The van der Waals surface area contributed by atoms with Crippen molar-refractivity contribution in [2.75, 3.05) is 22.1 Å². The number of aromatic nitrogens is 1. The average Bonchev–Trinajstić information content (AvgIpc) is 3.02. The van der Waals surface area contributed by atoms with Crippen molar-refractivity contribution in [3.8, 4) is 0 Å². The molecule has 0 spiro atoms. The fourth-order valence-corrected chi connectivity index (χ4v) is 5.61. The second kappa shape index (κ2) is 15.4. The summed E-state index contributed by atoms with van der Waals surface area (Å²) < 4.78 is 57.3. The molecule has 0 saturated carbocycles. The Labute approximate surface area is 269 Å². The molecule has 11 nitrogen and oxygen atoms in total. The van der Waals surface area contributed by atoms with E-state index in [0.29, 0.717) is 22.8 Å². The topological polar surface area (TPSA) is 181 Å². The monoisotopic (exact) mass is 673 g/mol. The van der Waals surface area contributed by atoms with Gasteiger partial charge in [-0.15, -0.1) is 0 Å². The number of pyridine rings is 1. The molecule has 0 fully saturated rings. The number of alkyl halides is 3. The van der Waals surface area contributed by atoms with E-state index in [-0.39, 0.29) is 29.0 Å². The van der Waals surface area contributed by atoms with E-state index >= 15 is 0 Å². The third-order valence-corrected chi connectivity index (χ3v) is 8.68. The van der Waals surface area contributed by atoms with Crippen LogP contribution in [-0.4, -0.2) is 48.2 Å². The molecular weight excluding hydrogens is 639 g/mol. The molecular formula is C32H34F3N5O6S. The van der Waals surface area contributed by atoms with Gasteiger partial charge in [-0.25, -0.2) is 18.2 Å². The van der Waals surface area contributed by atoms with Crippen molar-refractivity contribution in [3.63, 3.8) is 0 Å². The number of aryl methyl sites for hydroxylation is 1. The van der Waals surface area contributed by atoms with Gasteiger partial charge in [-0.3, -0.25) is 9.59 Å². The number of carbonyl (C=O) groups is 3. The van der Waals surface area contributed by atoms with E-state index in [1.165, 1.54) is 19.1 Å². The first kappa shape index (κ1) is 36.3. The number of nitrogen functional groups attached to an aromatic ring is 1. The van der Waals surface area contributed by atoms with Gasteiger partial charge in [-0.05, 0) is 71.0 Å². The van der Waals surface area contributed by atoms with Crippen molar-refractivity contribution in [3.05, 3.63) is 89.6 Å². The van der Waals surface area contributed by atoms with Gasteiger partial charge in [-0.1, -0.05) is 38.1 Å². The standard InChI is InChI=1S/C30H33N5O4S.C2HF3O2/c1-4-20-7-6-8-22(15-20)28(35-25-9-11-26-21(16-25)13-14-32-29(26)31)30(37)33-18-23-17-24(34-19(3)36)10-12-27(23)40(38,39)5-2;3-2(4,5)1(6)7/h6-17,28,35H,4-5,18H2,1-3H3,(H2,31,32)(H,33,37)(H,34,36);(H,6,7). The quantitative estimate of drug-likeness (QED) is 0.151. The molecule has 1 heterocycles. The van der Waals surface area contributed by atoms with Crippen LogP contribution in [0.5, 0.6) is 0 Å². The van der Waals surface area contributed by atoms with Crippen molar-refractivity contribution in [2.45, 2.75) is 50.9 Å². The zero-order chi connectivity index (χ0) is 34.9. The third kappa shape index (κ3) is 9.90. The second-order valence-electron chi connectivity index (χ2n) is 10.2. The Morgan fingerprint density at radius 1 is 0.979 bits per heavy atom. The molecule has 0 aliphatic rings. The van der Waals surface area contributed by atoms with Gasteiger partial charge in [0.15, 0.2) is 9.84 Å².